The molecule has 1 aliphatic rings. The van der Waals surface area contributed by atoms with Crippen molar-refractivity contribution in [2.24, 2.45) is 11.7 Å². The lowest BCUT2D eigenvalue weighted by Crippen LogP contribution is -2.57. The normalized spacial score (nSPS) is 18.7. The molecule has 2 aromatic carbocycles. The Hall–Kier alpha value is -3.91. The number of nitrogens with zero attached hydrogens (tertiary/aromatic N) is 1. The number of aryl methyl sites for hydroxylation is 1. The predicted octanol–water partition coefficient (Wildman–Crippen LogP) is 4.01. The summed E-state index contributed by atoms with van der Waals surface area (Å²) in [6.07, 6.45) is 1.02. The van der Waals surface area contributed by atoms with Gasteiger partial charge in [-0.25, -0.2) is 0 Å². The van der Waals surface area contributed by atoms with Gasteiger partial charge in [-0.3, -0.25) is 14.4 Å². The number of benzene rings is 2. The minimum atomic E-state index is -0.838. The molecular formula is C31H38N4O4. The monoisotopic (exact) mass is 530 g/mol. The fraction of sp³-hybridized carbons (Fsp3) is 0.387. The molecule has 1 aliphatic heterocycles. The Morgan fingerprint density at radius 2 is 1.46 bits per heavy atom. The topological polar surface area (TPSA) is 118 Å². The summed E-state index contributed by atoms with van der Waals surface area (Å²) in [5, 5.41) is 6.01. The van der Waals surface area contributed by atoms with Crippen LogP contribution in [0, 0.1) is 12.8 Å². The Balaban J connectivity index is 1.67. The van der Waals surface area contributed by atoms with Crippen molar-refractivity contribution in [1.29, 1.82) is 0 Å². The van der Waals surface area contributed by atoms with Crippen LogP contribution in [-0.4, -0.2) is 40.7 Å². The van der Waals surface area contributed by atoms with E-state index in [0.717, 1.165) is 16.9 Å². The van der Waals surface area contributed by atoms with E-state index in [1.54, 1.807) is 11.8 Å². The number of rotatable bonds is 9. The summed E-state index contributed by atoms with van der Waals surface area (Å²) in [5.74, 6) is 0.134. The van der Waals surface area contributed by atoms with E-state index in [1.165, 1.54) is 0 Å². The molecule has 3 aromatic rings. The molecule has 2 heterocycles. The van der Waals surface area contributed by atoms with Gasteiger partial charge in [-0.05, 0) is 55.9 Å². The van der Waals surface area contributed by atoms with Gasteiger partial charge in [-0.15, -0.1) is 0 Å². The highest BCUT2D eigenvalue weighted by atomic mass is 16.3. The van der Waals surface area contributed by atoms with Gasteiger partial charge < -0.3 is 25.7 Å². The standard InChI is InChI=1S/C31H38N4O4/c1-19(2)27(33-29(36)21(4)32)31(38)35-24(26-18-15-20(3)39-26)16-17-25(35)30(37)34-28(22-11-7-5-8-12-22)23-13-9-6-10-14-23/h5-15,18-19,21,24-25,27-28H,16-17,32H2,1-4H3,(H,33,36)(H,34,37)/t21-,24+,25-,27-/m0/s1. The maximum atomic E-state index is 14.1. The van der Waals surface area contributed by atoms with Crippen LogP contribution >= 0.6 is 0 Å². The summed E-state index contributed by atoms with van der Waals surface area (Å²) in [4.78, 5) is 42.2. The summed E-state index contributed by atoms with van der Waals surface area (Å²) >= 11 is 0. The smallest absolute Gasteiger partial charge is 0.246 e. The fourth-order valence-electron chi connectivity index (χ4n) is 5.13. The summed E-state index contributed by atoms with van der Waals surface area (Å²) in [6, 6.07) is 20.1. The minimum absolute atomic E-state index is 0.218. The van der Waals surface area contributed by atoms with E-state index in [9.17, 15) is 14.4 Å². The van der Waals surface area contributed by atoms with Crippen molar-refractivity contribution < 1.29 is 18.8 Å². The Morgan fingerprint density at radius 3 is 1.95 bits per heavy atom. The van der Waals surface area contributed by atoms with Crippen molar-refractivity contribution in [3.8, 4) is 0 Å². The van der Waals surface area contributed by atoms with Crippen LogP contribution in [0.3, 0.4) is 0 Å². The number of carbonyl (C=O) groups excluding carboxylic acids is 3. The van der Waals surface area contributed by atoms with Crippen LogP contribution in [0.25, 0.3) is 0 Å². The number of carbonyl (C=O) groups is 3. The van der Waals surface area contributed by atoms with Crippen LogP contribution in [0.2, 0.25) is 0 Å². The number of amides is 3. The van der Waals surface area contributed by atoms with Crippen molar-refractivity contribution in [3.63, 3.8) is 0 Å². The molecule has 0 unspecified atom stereocenters. The number of likely N-dealkylation sites (tertiary alicyclic amines) is 1. The van der Waals surface area contributed by atoms with Gasteiger partial charge in [0.15, 0.2) is 0 Å². The summed E-state index contributed by atoms with van der Waals surface area (Å²) in [7, 11) is 0. The van der Waals surface area contributed by atoms with Gasteiger partial charge in [-0.2, -0.15) is 0 Å². The molecule has 0 saturated carbocycles. The maximum absolute atomic E-state index is 14.1. The van der Waals surface area contributed by atoms with Crippen molar-refractivity contribution in [3.05, 3.63) is 95.4 Å². The molecule has 3 amide bonds. The van der Waals surface area contributed by atoms with Crippen molar-refractivity contribution >= 4 is 17.7 Å². The molecule has 1 aromatic heterocycles. The molecule has 4 atom stereocenters. The minimum Gasteiger partial charge on any atom is -0.464 e. The molecule has 206 valence electrons. The molecule has 1 fully saturated rings. The lowest BCUT2D eigenvalue weighted by Gasteiger charge is -2.34. The second kappa shape index (κ2) is 12.3. The second-order valence-electron chi connectivity index (χ2n) is 10.6. The summed E-state index contributed by atoms with van der Waals surface area (Å²) in [6.45, 7) is 7.15. The third kappa shape index (κ3) is 6.40. The Kier molecular flexibility index (Phi) is 8.86. The number of nitrogens with one attached hydrogen (secondary N) is 2. The highest BCUT2D eigenvalue weighted by Crippen LogP contribution is 2.38. The van der Waals surface area contributed by atoms with Crippen LogP contribution in [0.15, 0.2) is 77.2 Å². The van der Waals surface area contributed by atoms with Gasteiger partial charge in [0.25, 0.3) is 0 Å². The third-order valence-electron chi connectivity index (χ3n) is 7.23. The zero-order valence-corrected chi connectivity index (χ0v) is 23.0. The van der Waals surface area contributed by atoms with Gasteiger partial charge in [0.2, 0.25) is 17.7 Å². The quantitative estimate of drug-likeness (QED) is 0.386. The average molecular weight is 531 g/mol. The predicted molar refractivity (Wildman–Crippen MR) is 149 cm³/mol. The summed E-state index contributed by atoms with van der Waals surface area (Å²) < 4.78 is 5.92. The van der Waals surface area contributed by atoms with Gasteiger partial charge in [0.1, 0.15) is 23.6 Å². The molecule has 0 spiro atoms. The molecule has 0 radical (unpaired) electrons. The van der Waals surface area contributed by atoms with Crippen LogP contribution in [0.4, 0.5) is 0 Å². The molecule has 8 nitrogen and oxygen atoms in total. The molecule has 1 saturated heterocycles. The number of hydrogen-bond acceptors (Lipinski definition) is 5. The lowest BCUT2D eigenvalue weighted by molar-refractivity contribution is -0.145. The molecule has 0 bridgehead atoms. The Morgan fingerprint density at radius 1 is 0.872 bits per heavy atom. The summed E-state index contributed by atoms with van der Waals surface area (Å²) in [5.41, 5.74) is 7.66. The first-order valence-corrected chi connectivity index (χ1v) is 13.5. The van der Waals surface area contributed by atoms with Crippen molar-refractivity contribution in [1.82, 2.24) is 15.5 Å². The van der Waals surface area contributed by atoms with Crippen molar-refractivity contribution in [2.75, 3.05) is 0 Å². The highest BCUT2D eigenvalue weighted by molar-refractivity contribution is 5.94. The largest absolute Gasteiger partial charge is 0.464 e. The van der Waals surface area contributed by atoms with Crippen molar-refractivity contribution in [2.45, 2.75) is 70.7 Å². The SMILES string of the molecule is Cc1ccc([C@H]2CC[C@@H](C(=O)NC(c3ccccc3)c3ccccc3)N2C(=O)[C@@H](NC(=O)[C@H](C)N)C(C)C)o1. The van der Waals surface area contributed by atoms with Crippen LogP contribution in [0.1, 0.15) is 68.3 Å². The average Bonchev–Trinajstić information content (AvgIpc) is 3.57. The van der Waals surface area contributed by atoms with E-state index >= 15 is 0 Å². The van der Waals surface area contributed by atoms with E-state index in [2.05, 4.69) is 10.6 Å². The molecule has 8 heteroatoms. The zero-order valence-electron chi connectivity index (χ0n) is 23.0. The number of nitrogens with two attached hydrogens (primary N) is 1. The molecular weight excluding hydrogens is 492 g/mol. The highest BCUT2D eigenvalue weighted by Gasteiger charge is 2.46. The van der Waals surface area contributed by atoms with Crippen LogP contribution in [0.5, 0.6) is 0 Å². The Bertz CT molecular complexity index is 1230. The third-order valence-corrected chi connectivity index (χ3v) is 7.23. The van der Waals surface area contributed by atoms with E-state index < -0.39 is 30.1 Å². The first kappa shape index (κ1) is 28.1. The van der Waals surface area contributed by atoms with Gasteiger partial charge in [-0.1, -0.05) is 74.5 Å². The first-order chi connectivity index (χ1) is 18.7. The van der Waals surface area contributed by atoms with Crippen LogP contribution in [-0.2, 0) is 14.4 Å². The van der Waals surface area contributed by atoms with Crippen LogP contribution < -0.4 is 16.4 Å². The van der Waals surface area contributed by atoms with Gasteiger partial charge in [0, 0.05) is 0 Å². The Labute approximate surface area is 229 Å². The van der Waals surface area contributed by atoms with E-state index in [0.29, 0.717) is 18.6 Å². The molecule has 4 N–H and O–H groups in total. The van der Waals surface area contributed by atoms with E-state index in [1.807, 2.05) is 93.6 Å². The molecule has 4 rings (SSSR count). The first-order valence-electron chi connectivity index (χ1n) is 13.5. The number of furan rings is 1. The maximum Gasteiger partial charge on any atom is 0.246 e. The molecule has 0 aliphatic carbocycles. The van der Waals surface area contributed by atoms with Gasteiger partial charge >= 0.3 is 0 Å². The second-order valence-corrected chi connectivity index (χ2v) is 10.6. The van der Waals surface area contributed by atoms with E-state index in [4.69, 9.17) is 10.2 Å². The van der Waals surface area contributed by atoms with E-state index in [-0.39, 0.29) is 23.8 Å². The molecule has 39 heavy (non-hydrogen) atoms. The number of hydrogen-bond donors (Lipinski definition) is 3. The van der Waals surface area contributed by atoms with Gasteiger partial charge in [0.05, 0.1) is 18.1 Å². The zero-order chi connectivity index (χ0) is 28.1. The lowest BCUT2D eigenvalue weighted by atomic mass is 9.98. The fourth-order valence-corrected chi connectivity index (χ4v) is 5.13.